The Hall–Kier alpha value is -1.06. The van der Waals surface area contributed by atoms with Crippen LogP contribution in [0.2, 0.25) is 0 Å². The highest BCUT2D eigenvalue weighted by Crippen LogP contribution is 2.14. The number of likely N-dealkylation sites (N-methyl/N-ethyl adjacent to an activating group) is 1. The van der Waals surface area contributed by atoms with Crippen molar-refractivity contribution in [3.05, 3.63) is 0 Å². The first kappa shape index (κ1) is 29.1. The van der Waals surface area contributed by atoms with Gasteiger partial charge in [-0.3, -0.25) is 9.59 Å². The Balaban J connectivity index is 0. The van der Waals surface area contributed by atoms with Crippen molar-refractivity contribution < 1.29 is 9.59 Å². The average Bonchev–Trinajstić information content (AvgIpc) is 2.62. The van der Waals surface area contributed by atoms with E-state index in [1.807, 2.05) is 20.8 Å². The lowest BCUT2D eigenvalue weighted by Gasteiger charge is -2.25. The highest BCUT2D eigenvalue weighted by atomic mass is 127. The Kier molecular flexibility index (Phi) is 16.5. The first-order valence-corrected chi connectivity index (χ1v) is 10.2. The number of carbonyl (C=O) groups excluding carboxylic acids is 2. The summed E-state index contributed by atoms with van der Waals surface area (Å²) in [4.78, 5) is 30.0. The molecule has 0 radical (unpaired) electrons. The van der Waals surface area contributed by atoms with Gasteiger partial charge in [-0.1, -0.05) is 33.1 Å². The van der Waals surface area contributed by atoms with Gasteiger partial charge in [0.1, 0.15) is 6.54 Å². The molecule has 3 N–H and O–H groups in total. The van der Waals surface area contributed by atoms with Gasteiger partial charge in [0.2, 0.25) is 11.8 Å². The van der Waals surface area contributed by atoms with Gasteiger partial charge in [-0.2, -0.15) is 0 Å². The first-order chi connectivity index (χ1) is 12.7. The summed E-state index contributed by atoms with van der Waals surface area (Å²) in [6.45, 7) is 12.0. The van der Waals surface area contributed by atoms with Gasteiger partial charge in [-0.15, -0.1) is 24.0 Å². The third kappa shape index (κ3) is 12.4. The molecule has 0 bridgehead atoms. The summed E-state index contributed by atoms with van der Waals surface area (Å²) < 4.78 is 0. The molecule has 0 saturated heterocycles. The highest BCUT2D eigenvalue weighted by Gasteiger charge is 2.27. The second-order valence-electron chi connectivity index (χ2n) is 7.85. The molecular weight excluding hydrogens is 469 g/mol. The number of hydrogen-bond donors (Lipinski definition) is 3. The van der Waals surface area contributed by atoms with Crippen molar-refractivity contribution in [3.8, 4) is 0 Å². The van der Waals surface area contributed by atoms with Crippen LogP contribution in [0.5, 0.6) is 0 Å². The fourth-order valence-corrected chi connectivity index (χ4v) is 2.43. The molecule has 166 valence electrons. The minimum absolute atomic E-state index is 0. The Morgan fingerprint density at radius 3 is 2.21 bits per heavy atom. The number of halogens is 1. The number of amides is 2. The van der Waals surface area contributed by atoms with Gasteiger partial charge in [0.15, 0.2) is 5.96 Å². The van der Waals surface area contributed by atoms with E-state index < -0.39 is 5.41 Å². The summed E-state index contributed by atoms with van der Waals surface area (Å²) in [6, 6.07) is 0. The minimum atomic E-state index is -0.573. The molecule has 0 aliphatic rings. The monoisotopic (exact) mass is 511 g/mol. The summed E-state index contributed by atoms with van der Waals surface area (Å²) in [5.41, 5.74) is -0.573. The molecule has 0 aliphatic carbocycles. The number of hydrogen-bond acceptors (Lipinski definition) is 3. The predicted octanol–water partition coefficient (Wildman–Crippen LogP) is 2.61. The first-order valence-electron chi connectivity index (χ1n) is 10.2. The molecule has 0 fully saturated rings. The van der Waals surface area contributed by atoms with Crippen LogP contribution >= 0.6 is 24.0 Å². The summed E-state index contributed by atoms with van der Waals surface area (Å²) >= 11 is 0. The van der Waals surface area contributed by atoms with E-state index in [1.54, 1.807) is 14.1 Å². The molecule has 0 aromatic rings. The van der Waals surface area contributed by atoms with E-state index in [2.05, 4.69) is 34.8 Å². The van der Waals surface area contributed by atoms with Crippen molar-refractivity contribution in [3.63, 3.8) is 0 Å². The Morgan fingerprint density at radius 1 is 1.07 bits per heavy atom. The Labute approximate surface area is 188 Å². The normalized spacial score (nSPS) is 12.6. The van der Waals surface area contributed by atoms with Crippen molar-refractivity contribution in [1.29, 1.82) is 0 Å². The van der Waals surface area contributed by atoms with E-state index in [-0.39, 0.29) is 42.3 Å². The lowest BCUT2D eigenvalue weighted by molar-refractivity contribution is -0.129. The van der Waals surface area contributed by atoms with Crippen LogP contribution in [0.15, 0.2) is 4.99 Å². The fraction of sp³-hybridized carbons (Fsp3) is 0.850. The second-order valence-corrected chi connectivity index (χ2v) is 7.85. The largest absolute Gasteiger partial charge is 0.356 e. The molecule has 0 saturated carbocycles. The molecule has 8 heteroatoms. The van der Waals surface area contributed by atoms with Gasteiger partial charge in [0.25, 0.3) is 0 Å². The van der Waals surface area contributed by atoms with E-state index in [0.29, 0.717) is 25.0 Å². The summed E-state index contributed by atoms with van der Waals surface area (Å²) in [7, 11) is 3.43. The van der Waals surface area contributed by atoms with Crippen molar-refractivity contribution >= 4 is 41.8 Å². The molecule has 0 spiro atoms. The van der Waals surface area contributed by atoms with Crippen LogP contribution in [-0.4, -0.2) is 62.9 Å². The van der Waals surface area contributed by atoms with Crippen molar-refractivity contribution in [2.24, 2.45) is 16.3 Å². The zero-order valence-corrected chi connectivity index (χ0v) is 21.2. The molecule has 1 atom stereocenters. The molecule has 0 aliphatic heterocycles. The summed E-state index contributed by atoms with van der Waals surface area (Å²) in [6.07, 6.45) is 4.67. The molecule has 0 aromatic heterocycles. The van der Waals surface area contributed by atoms with Crippen LogP contribution in [0, 0.1) is 11.3 Å². The number of rotatable bonds is 12. The van der Waals surface area contributed by atoms with Crippen molar-refractivity contribution in [1.82, 2.24) is 20.9 Å². The van der Waals surface area contributed by atoms with Crippen molar-refractivity contribution in [2.45, 2.75) is 60.3 Å². The van der Waals surface area contributed by atoms with E-state index in [0.717, 1.165) is 13.0 Å². The van der Waals surface area contributed by atoms with E-state index >= 15 is 0 Å². The summed E-state index contributed by atoms with van der Waals surface area (Å²) in [5.74, 6) is 1.09. The predicted molar refractivity (Wildman–Crippen MR) is 128 cm³/mol. The highest BCUT2D eigenvalue weighted by molar-refractivity contribution is 14.0. The van der Waals surface area contributed by atoms with Gasteiger partial charge in [-0.05, 0) is 33.1 Å². The second kappa shape index (κ2) is 15.8. The molecule has 0 rings (SSSR count). The number of nitrogens with one attached hydrogen (secondary N) is 3. The average molecular weight is 511 g/mol. The van der Waals surface area contributed by atoms with Gasteiger partial charge in [-0.25, -0.2) is 4.99 Å². The standard InChI is InChI=1S/C20H41N5O2.HI/c1-8-11-12-16(9-2)13-22-19(23-14-17(26)25(6)7)24-15-20(4,5)18(27)21-10-3;/h16H,8-15H2,1-7H3,(H,21,27)(H2,22,23,24);1H. The third-order valence-electron chi connectivity index (χ3n) is 4.62. The quantitative estimate of drug-likeness (QED) is 0.214. The van der Waals surface area contributed by atoms with Crippen LogP contribution in [0.1, 0.15) is 60.3 Å². The van der Waals surface area contributed by atoms with E-state index in [1.165, 1.54) is 24.2 Å². The van der Waals surface area contributed by atoms with Crippen LogP contribution < -0.4 is 16.0 Å². The molecule has 28 heavy (non-hydrogen) atoms. The maximum absolute atomic E-state index is 12.2. The van der Waals surface area contributed by atoms with E-state index in [9.17, 15) is 9.59 Å². The molecule has 2 amide bonds. The minimum Gasteiger partial charge on any atom is -0.356 e. The Morgan fingerprint density at radius 2 is 1.71 bits per heavy atom. The molecular formula is C20H42IN5O2. The maximum Gasteiger partial charge on any atom is 0.243 e. The van der Waals surface area contributed by atoms with Crippen LogP contribution in [0.3, 0.4) is 0 Å². The number of unbranched alkanes of at least 4 members (excludes halogenated alkanes) is 1. The molecule has 0 aromatic carbocycles. The lowest BCUT2D eigenvalue weighted by Crippen LogP contribution is -2.48. The third-order valence-corrected chi connectivity index (χ3v) is 4.62. The maximum atomic E-state index is 12.2. The van der Waals surface area contributed by atoms with Crippen LogP contribution in [-0.2, 0) is 9.59 Å². The Bertz CT molecular complexity index is 481. The zero-order chi connectivity index (χ0) is 20.9. The summed E-state index contributed by atoms with van der Waals surface area (Å²) in [5, 5.41) is 9.45. The fourth-order valence-electron chi connectivity index (χ4n) is 2.43. The molecule has 1 unspecified atom stereocenters. The number of aliphatic imine (C=N–C) groups is 1. The van der Waals surface area contributed by atoms with Gasteiger partial charge < -0.3 is 20.9 Å². The number of nitrogens with zero attached hydrogens (tertiary/aromatic N) is 2. The van der Waals surface area contributed by atoms with E-state index in [4.69, 9.17) is 0 Å². The lowest BCUT2D eigenvalue weighted by atomic mass is 9.92. The zero-order valence-electron chi connectivity index (χ0n) is 18.9. The van der Waals surface area contributed by atoms with Crippen LogP contribution in [0.25, 0.3) is 0 Å². The van der Waals surface area contributed by atoms with Gasteiger partial charge in [0, 0.05) is 33.7 Å². The SMILES string of the molecule is CCCCC(CC)CNC(=NCC(=O)N(C)C)NCC(C)(C)C(=O)NCC.I. The number of guanidine groups is 1. The molecule has 7 nitrogen and oxygen atoms in total. The topological polar surface area (TPSA) is 85.8 Å². The molecule has 0 heterocycles. The smallest absolute Gasteiger partial charge is 0.243 e. The van der Waals surface area contributed by atoms with Crippen molar-refractivity contribution in [2.75, 3.05) is 40.3 Å². The van der Waals surface area contributed by atoms with Gasteiger partial charge in [0.05, 0.1) is 5.41 Å². The van der Waals surface area contributed by atoms with Crippen LogP contribution in [0.4, 0.5) is 0 Å². The number of carbonyl (C=O) groups is 2. The van der Waals surface area contributed by atoms with Gasteiger partial charge >= 0.3 is 0 Å².